The smallest absolute Gasteiger partial charge is 0.277 e. The molecule has 1 fully saturated rings. The van der Waals surface area contributed by atoms with E-state index in [0.29, 0.717) is 29.1 Å². The number of anilines is 1. The Morgan fingerprint density at radius 3 is 2.31 bits per heavy atom. The third kappa shape index (κ3) is 4.34. The van der Waals surface area contributed by atoms with E-state index < -0.39 is 0 Å². The van der Waals surface area contributed by atoms with Gasteiger partial charge in [-0.1, -0.05) is 19.1 Å². The number of piperidine rings is 1. The molecule has 1 aromatic carbocycles. The Morgan fingerprint density at radius 1 is 1.14 bits per heavy atom. The number of likely N-dealkylation sites (N-methyl/N-ethyl adjacent to an activating group) is 1. The summed E-state index contributed by atoms with van der Waals surface area (Å²) in [7, 11) is 4.03. The molecule has 0 radical (unpaired) electrons. The summed E-state index contributed by atoms with van der Waals surface area (Å²) in [6.45, 7) is 5.78. The molecule has 7 heteroatoms. The second-order valence-corrected chi connectivity index (χ2v) is 7.89. The number of carbonyl (C=O) groups is 3. The molecule has 3 rings (SSSR count). The number of hydrogen-bond acceptors (Lipinski definition) is 5. The molecule has 0 unspecified atom stereocenters. The van der Waals surface area contributed by atoms with E-state index in [4.69, 9.17) is 0 Å². The molecule has 3 amide bonds. The van der Waals surface area contributed by atoms with Crippen LogP contribution in [-0.2, 0) is 14.4 Å². The average Bonchev–Trinajstić information content (AvgIpc) is 2.93. The van der Waals surface area contributed by atoms with E-state index in [2.05, 4.69) is 17.3 Å². The fourth-order valence-electron chi connectivity index (χ4n) is 4.07. The Kier molecular flexibility index (Phi) is 6.37. The zero-order valence-corrected chi connectivity index (χ0v) is 17.7. The molecule has 7 nitrogen and oxygen atoms in total. The number of imide groups is 1. The Morgan fingerprint density at radius 2 is 1.76 bits per heavy atom. The molecule has 0 atom stereocenters. The average molecular weight is 399 g/mol. The summed E-state index contributed by atoms with van der Waals surface area (Å²) in [6, 6.07) is 7.34. The third-order valence-electron chi connectivity index (χ3n) is 5.67. The van der Waals surface area contributed by atoms with Crippen molar-refractivity contribution in [2.24, 2.45) is 0 Å². The number of benzene rings is 1. The molecule has 2 aliphatic rings. The molecule has 0 aromatic heterocycles. The van der Waals surface area contributed by atoms with Gasteiger partial charge in [-0.2, -0.15) is 0 Å². The summed E-state index contributed by atoms with van der Waals surface area (Å²) in [5.74, 6) is -0.598. The van der Waals surface area contributed by atoms with Gasteiger partial charge in [0.05, 0.1) is 5.57 Å². The van der Waals surface area contributed by atoms with Crippen LogP contribution in [0.15, 0.2) is 30.0 Å². The largest absolute Gasteiger partial charge is 0.366 e. The van der Waals surface area contributed by atoms with E-state index in [0.717, 1.165) is 32.4 Å². The first-order valence-corrected chi connectivity index (χ1v) is 10.2. The second-order valence-electron chi connectivity index (χ2n) is 7.89. The van der Waals surface area contributed by atoms with Crippen LogP contribution >= 0.6 is 0 Å². The normalized spacial score (nSPS) is 18.6. The van der Waals surface area contributed by atoms with Gasteiger partial charge in [0.2, 0.25) is 5.91 Å². The lowest BCUT2D eigenvalue weighted by Crippen LogP contribution is -2.43. The highest BCUT2D eigenvalue weighted by Gasteiger charge is 2.41. The van der Waals surface area contributed by atoms with Crippen molar-refractivity contribution in [1.29, 1.82) is 0 Å². The van der Waals surface area contributed by atoms with E-state index in [1.165, 1.54) is 11.8 Å². The maximum absolute atomic E-state index is 13.2. The minimum absolute atomic E-state index is 0.152. The number of hydrogen-bond donors (Lipinski definition) is 1. The van der Waals surface area contributed by atoms with Gasteiger partial charge < -0.3 is 15.1 Å². The fraction of sp³-hybridized carbons (Fsp3) is 0.500. The lowest BCUT2D eigenvalue weighted by atomic mass is 10.00. The summed E-state index contributed by atoms with van der Waals surface area (Å²) >= 11 is 0. The van der Waals surface area contributed by atoms with Crippen LogP contribution in [0.2, 0.25) is 0 Å². The van der Waals surface area contributed by atoms with Crippen molar-refractivity contribution >= 4 is 29.0 Å². The predicted molar refractivity (Wildman–Crippen MR) is 113 cm³/mol. The Labute approximate surface area is 172 Å². The predicted octanol–water partition coefficient (Wildman–Crippen LogP) is 2.16. The van der Waals surface area contributed by atoms with Crippen molar-refractivity contribution in [3.8, 4) is 0 Å². The van der Waals surface area contributed by atoms with Crippen molar-refractivity contribution in [2.75, 3.05) is 39.0 Å². The van der Waals surface area contributed by atoms with Gasteiger partial charge in [0.1, 0.15) is 5.70 Å². The number of amides is 3. The van der Waals surface area contributed by atoms with Crippen LogP contribution in [0.4, 0.5) is 5.69 Å². The quantitative estimate of drug-likeness (QED) is 0.744. The van der Waals surface area contributed by atoms with Gasteiger partial charge in [-0.15, -0.1) is 0 Å². The van der Waals surface area contributed by atoms with Crippen LogP contribution < -0.4 is 5.32 Å². The minimum atomic E-state index is -0.237. The number of nitrogens with one attached hydrogen (secondary N) is 1. The van der Waals surface area contributed by atoms with E-state index in [1.807, 2.05) is 18.9 Å². The standard InChI is InChI=1S/C22H30N4O3/c1-5-12-26-21(28)19(16-6-8-17(9-7-16)23-15(2)27)20(22(26)29)25(4)18-10-13-24(3)14-11-18/h6-9,18H,5,10-14H2,1-4H3,(H,23,27). The van der Waals surface area contributed by atoms with Gasteiger partial charge >= 0.3 is 0 Å². The van der Waals surface area contributed by atoms with Crippen LogP contribution in [0.3, 0.4) is 0 Å². The van der Waals surface area contributed by atoms with Crippen molar-refractivity contribution in [3.05, 3.63) is 35.5 Å². The molecule has 1 N–H and O–H groups in total. The summed E-state index contributed by atoms with van der Waals surface area (Å²) in [5, 5.41) is 2.73. The van der Waals surface area contributed by atoms with Crippen molar-refractivity contribution in [1.82, 2.24) is 14.7 Å². The molecule has 156 valence electrons. The fourth-order valence-corrected chi connectivity index (χ4v) is 4.07. The van der Waals surface area contributed by atoms with E-state index in [1.54, 1.807) is 24.3 Å². The topological polar surface area (TPSA) is 73.0 Å². The Bertz CT molecular complexity index is 823. The molecule has 2 heterocycles. The van der Waals surface area contributed by atoms with Crippen LogP contribution in [-0.4, -0.2) is 72.2 Å². The third-order valence-corrected chi connectivity index (χ3v) is 5.67. The first kappa shape index (κ1) is 21.0. The SMILES string of the molecule is CCCN1C(=O)C(c2ccc(NC(C)=O)cc2)=C(N(C)C2CCN(C)CC2)C1=O. The molecule has 2 aliphatic heterocycles. The van der Waals surface area contributed by atoms with Gasteiger partial charge in [-0.3, -0.25) is 19.3 Å². The zero-order valence-electron chi connectivity index (χ0n) is 17.7. The van der Waals surface area contributed by atoms with E-state index in [9.17, 15) is 14.4 Å². The second kappa shape index (κ2) is 8.78. The van der Waals surface area contributed by atoms with Crippen molar-refractivity contribution < 1.29 is 14.4 Å². The maximum Gasteiger partial charge on any atom is 0.277 e. The lowest BCUT2D eigenvalue weighted by molar-refractivity contribution is -0.137. The van der Waals surface area contributed by atoms with Crippen LogP contribution in [0.5, 0.6) is 0 Å². The highest BCUT2D eigenvalue weighted by Crippen LogP contribution is 2.34. The zero-order chi connectivity index (χ0) is 21.1. The van der Waals surface area contributed by atoms with Crippen LogP contribution in [0.25, 0.3) is 5.57 Å². The summed E-state index contributed by atoms with van der Waals surface area (Å²) < 4.78 is 0. The maximum atomic E-state index is 13.2. The molecule has 1 aromatic rings. The van der Waals surface area contributed by atoms with Gasteiger partial charge in [-0.25, -0.2) is 0 Å². The highest BCUT2D eigenvalue weighted by atomic mass is 16.2. The van der Waals surface area contributed by atoms with E-state index >= 15 is 0 Å². The van der Waals surface area contributed by atoms with Gasteiger partial charge in [0.25, 0.3) is 11.8 Å². The summed E-state index contributed by atoms with van der Waals surface area (Å²) in [5.41, 5.74) is 2.31. The Hall–Kier alpha value is -2.67. The molecule has 0 aliphatic carbocycles. The molecule has 1 saturated heterocycles. The molecular weight excluding hydrogens is 368 g/mol. The first-order chi connectivity index (χ1) is 13.8. The number of rotatable bonds is 6. The monoisotopic (exact) mass is 398 g/mol. The minimum Gasteiger partial charge on any atom is -0.366 e. The van der Waals surface area contributed by atoms with Crippen molar-refractivity contribution in [3.63, 3.8) is 0 Å². The van der Waals surface area contributed by atoms with Gasteiger partial charge in [-0.05, 0) is 57.1 Å². The van der Waals surface area contributed by atoms with Crippen LogP contribution in [0, 0.1) is 0 Å². The molecule has 0 bridgehead atoms. The van der Waals surface area contributed by atoms with Crippen molar-refractivity contribution in [2.45, 2.75) is 39.2 Å². The molecular formula is C22H30N4O3. The first-order valence-electron chi connectivity index (χ1n) is 10.2. The highest BCUT2D eigenvalue weighted by molar-refractivity contribution is 6.35. The molecule has 29 heavy (non-hydrogen) atoms. The van der Waals surface area contributed by atoms with Gasteiger partial charge in [0.15, 0.2) is 0 Å². The number of carbonyl (C=O) groups excluding carboxylic acids is 3. The molecule has 0 spiro atoms. The van der Waals surface area contributed by atoms with Gasteiger partial charge in [0, 0.05) is 32.2 Å². The summed E-state index contributed by atoms with van der Waals surface area (Å²) in [4.78, 5) is 43.3. The van der Waals surface area contributed by atoms with E-state index in [-0.39, 0.29) is 23.8 Å². The molecule has 0 saturated carbocycles. The summed E-state index contributed by atoms with van der Waals surface area (Å²) in [6.07, 6.45) is 2.64. The Balaban J connectivity index is 1.98. The van der Waals surface area contributed by atoms with Crippen LogP contribution in [0.1, 0.15) is 38.7 Å². The number of likely N-dealkylation sites (tertiary alicyclic amines) is 1. The lowest BCUT2D eigenvalue weighted by Gasteiger charge is -2.36. The number of nitrogens with zero attached hydrogens (tertiary/aromatic N) is 3.